The van der Waals surface area contributed by atoms with Gasteiger partial charge in [-0.05, 0) is 57.5 Å². The van der Waals surface area contributed by atoms with E-state index in [2.05, 4.69) is 17.1 Å². The molecule has 1 unspecified atom stereocenters. The molecule has 1 heterocycles. The van der Waals surface area contributed by atoms with Crippen LogP contribution in [0.15, 0.2) is 24.3 Å². The van der Waals surface area contributed by atoms with E-state index < -0.39 is 0 Å². The summed E-state index contributed by atoms with van der Waals surface area (Å²) in [5, 5.41) is 3.42. The molecule has 0 radical (unpaired) electrons. The molecule has 116 valence electrons. The fourth-order valence-corrected chi connectivity index (χ4v) is 3.03. The maximum atomic E-state index is 11.3. The SMILES string of the molecule is CC1CCCCN1CCCNCc1ccccc1C(N)=O. The predicted octanol–water partition coefficient (Wildman–Crippen LogP) is 2.14. The van der Waals surface area contributed by atoms with Gasteiger partial charge in [0, 0.05) is 18.2 Å². The molecule has 4 nitrogen and oxygen atoms in total. The first-order valence-corrected chi connectivity index (χ1v) is 8.01. The van der Waals surface area contributed by atoms with Crippen molar-refractivity contribution in [2.24, 2.45) is 5.73 Å². The average Bonchev–Trinajstić information content (AvgIpc) is 2.49. The molecule has 1 aromatic rings. The van der Waals surface area contributed by atoms with Crippen molar-refractivity contribution in [1.29, 1.82) is 0 Å². The van der Waals surface area contributed by atoms with Gasteiger partial charge in [0.15, 0.2) is 0 Å². The van der Waals surface area contributed by atoms with Gasteiger partial charge in [0.2, 0.25) is 5.91 Å². The maximum Gasteiger partial charge on any atom is 0.249 e. The van der Waals surface area contributed by atoms with E-state index in [0.29, 0.717) is 12.1 Å². The number of likely N-dealkylation sites (tertiary alicyclic amines) is 1. The van der Waals surface area contributed by atoms with E-state index in [1.165, 1.54) is 25.8 Å². The highest BCUT2D eigenvalue weighted by Gasteiger charge is 2.16. The summed E-state index contributed by atoms with van der Waals surface area (Å²) in [6.45, 7) is 6.40. The standard InChI is InChI=1S/C17H27N3O/c1-14-7-4-5-11-20(14)12-6-10-19-13-15-8-2-3-9-16(15)17(18)21/h2-3,8-9,14,19H,4-7,10-13H2,1H3,(H2,18,21). The van der Waals surface area contributed by atoms with Crippen molar-refractivity contribution in [2.75, 3.05) is 19.6 Å². The van der Waals surface area contributed by atoms with Crippen LogP contribution in [-0.4, -0.2) is 36.5 Å². The molecule has 1 fully saturated rings. The summed E-state index contributed by atoms with van der Waals surface area (Å²) in [7, 11) is 0. The highest BCUT2D eigenvalue weighted by molar-refractivity contribution is 5.94. The first-order chi connectivity index (χ1) is 10.2. The molecule has 1 aliphatic rings. The molecule has 2 rings (SSSR count). The lowest BCUT2D eigenvalue weighted by Crippen LogP contribution is -2.38. The van der Waals surface area contributed by atoms with Crippen molar-refractivity contribution in [1.82, 2.24) is 10.2 Å². The summed E-state index contributed by atoms with van der Waals surface area (Å²) in [6, 6.07) is 8.27. The molecule has 0 bridgehead atoms. The minimum absolute atomic E-state index is 0.352. The summed E-state index contributed by atoms with van der Waals surface area (Å²) in [5.74, 6) is -0.352. The Labute approximate surface area is 127 Å². The van der Waals surface area contributed by atoms with Gasteiger partial charge in [-0.15, -0.1) is 0 Å². The van der Waals surface area contributed by atoms with Gasteiger partial charge in [-0.2, -0.15) is 0 Å². The summed E-state index contributed by atoms with van der Waals surface area (Å²) in [6.07, 6.45) is 5.19. The molecule has 1 aliphatic heterocycles. The Morgan fingerprint density at radius 2 is 2.19 bits per heavy atom. The zero-order chi connectivity index (χ0) is 15.1. The van der Waals surface area contributed by atoms with Gasteiger partial charge in [0.25, 0.3) is 0 Å². The second-order valence-electron chi connectivity index (χ2n) is 5.93. The highest BCUT2D eigenvalue weighted by Crippen LogP contribution is 2.16. The minimum atomic E-state index is -0.352. The quantitative estimate of drug-likeness (QED) is 0.756. The van der Waals surface area contributed by atoms with E-state index >= 15 is 0 Å². The van der Waals surface area contributed by atoms with Crippen LogP contribution in [0.5, 0.6) is 0 Å². The van der Waals surface area contributed by atoms with E-state index in [9.17, 15) is 4.79 Å². The van der Waals surface area contributed by atoms with E-state index in [0.717, 1.165) is 31.1 Å². The number of amides is 1. The number of rotatable bonds is 7. The smallest absolute Gasteiger partial charge is 0.249 e. The molecular formula is C17H27N3O. The number of primary amides is 1. The van der Waals surface area contributed by atoms with Crippen LogP contribution >= 0.6 is 0 Å². The highest BCUT2D eigenvalue weighted by atomic mass is 16.1. The van der Waals surface area contributed by atoms with Crippen LogP contribution in [0.25, 0.3) is 0 Å². The third-order valence-electron chi connectivity index (χ3n) is 4.34. The topological polar surface area (TPSA) is 58.4 Å². The normalized spacial score (nSPS) is 19.6. The molecule has 21 heavy (non-hydrogen) atoms. The fourth-order valence-electron chi connectivity index (χ4n) is 3.03. The molecular weight excluding hydrogens is 262 g/mol. The second-order valence-corrected chi connectivity index (χ2v) is 5.93. The number of carbonyl (C=O) groups is 1. The largest absolute Gasteiger partial charge is 0.366 e. The Hall–Kier alpha value is -1.39. The summed E-state index contributed by atoms with van der Waals surface area (Å²) in [4.78, 5) is 13.9. The van der Waals surface area contributed by atoms with Crippen LogP contribution in [0, 0.1) is 0 Å². The Balaban J connectivity index is 1.69. The molecule has 3 N–H and O–H groups in total. The van der Waals surface area contributed by atoms with Gasteiger partial charge in [-0.3, -0.25) is 4.79 Å². The Bertz CT molecular complexity index is 461. The van der Waals surface area contributed by atoms with Crippen molar-refractivity contribution in [3.63, 3.8) is 0 Å². The fraction of sp³-hybridized carbons (Fsp3) is 0.588. The minimum Gasteiger partial charge on any atom is -0.366 e. The van der Waals surface area contributed by atoms with E-state index in [-0.39, 0.29) is 5.91 Å². The number of nitrogens with zero attached hydrogens (tertiary/aromatic N) is 1. The number of piperidine rings is 1. The molecule has 1 aromatic carbocycles. The zero-order valence-electron chi connectivity index (χ0n) is 13.0. The van der Waals surface area contributed by atoms with E-state index in [1.807, 2.05) is 18.2 Å². The van der Waals surface area contributed by atoms with Crippen LogP contribution in [-0.2, 0) is 6.54 Å². The van der Waals surface area contributed by atoms with Crippen molar-refractivity contribution < 1.29 is 4.79 Å². The zero-order valence-corrected chi connectivity index (χ0v) is 13.0. The molecule has 1 saturated heterocycles. The Kier molecular flexibility index (Phi) is 6.21. The predicted molar refractivity (Wildman–Crippen MR) is 86.2 cm³/mol. The van der Waals surface area contributed by atoms with Gasteiger partial charge < -0.3 is 16.0 Å². The molecule has 1 amide bonds. The number of hydrogen-bond donors (Lipinski definition) is 2. The number of carbonyl (C=O) groups excluding carboxylic acids is 1. The van der Waals surface area contributed by atoms with Gasteiger partial charge in [-0.1, -0.05) is 24.6 Å². The molecule has 0 spiro atoms. The lowest BCUT2D eigenvalue weighted by Gasteiger charge is -2.33. The molecule has 0 saturated carbocycles. The second kappa shape index (κ2) is 8.15. The van der Waals surface area contributed by atoms with Crippen LogP contribution in [0.2, 0.25) is 0 Å². The van der Waals surface area contributed by atoms with Crippen LogP contribution < -0.4 is 11.1 Å². The number of benzene rings is 1. The Morgan fingerprint density at radius 1 is 1.38 bits per heavy atom. The average molecular weight is 289 g/mol. The van der Waals surface area contributed by atoms with Crippen molar-refractivity contribution in [3.05, 3.63) is 35.4 Å². The molecule has 1 atom stereocenters. The molecule has 0 aliphatic carbocycles. The van der Waals surface area contributed by atoms with Crippen molar-refractivity contribution >= 4 is 5.91 Å². The van der Waals surface area contributed by atoms with Crippen molar-refractivity contribution in [2.45, 2.75) is 45.2 Å². The number of nitrogens with one attached hydrogen (secondary N) is 1. The maximum absolute atomic E-state index is 11.3. The lowest BCUT2D eigenvalue weighted by atomic mass is 10.0. The van der Waals surface area contributed by atoms with Gasteiger partial charge >= 0.3 is 0 Å². The van der Waals surface area contributed by atoms with Gasteiger partial charge in [-0.25, -0.2) is 0 Å². The number of nitrogens with two attached hydrogens (primary N) is 1. The molecule has 4 heteroatoms. The Morgan fingerprint density at radius 3 is 2.95 bits per heavy atom. The third kappa shape index (κ3) is 4.83. The summed E-state index contributed by atoms with van der Waals surface area (Å²) >= 11 is 0. The lowest BCUT2D eigenvalue weighted by molar-refractivity contribution is 0.0999. The van der Waals surface area contributed by atoms with E-state index in [4.69, 9.17) is 5.73 Å². The van der Waals surface area contributed by atoms with Crippen molar-refractivity contribution in [3.8, 4) is 0 Å². The van der Waals surface area contributed by atoms with Crippen LogP contribution in [0.4, 0.5) is 0 Å². The first-order valence-electron chi connectivity index (χ1n) is 8.01. The molecule has 0 aromatic heterocycles. The van der Waals surface area contributed by atoms with Gasteiger partial charge in [0.1, 0.15) is 0 Å². The first kappa shape index (κ1) is 16.0. The van der Waals surface area contributed by atoms with Gasteiger partial charge in [0.05, 0.1) is 0 Å². The van der Waals surface area contributed by atoms with E-state index in [1.54, 1.807) is 6.07 Å². The van der Waals surface area contributed by atoms with Crippen LogP contribution in [0.3, 0.4) is 0 Å². The summed E-state index contributed by atoms with van der Waals surface area (Å²) < 4.78 is 0. The summed E-state index contributed by atoms with van der Waals surface area (Å²) in [5.41, 5.74) is 6.99. The number of hydrogen-bond acceptors (Lipinski definition) is 3. The monoisotopic (exact) mass is 289 g/mol. The third-order valence-corrected chi connectivity index (χ3v) is 4.34. The van der Waals surface area contributed by atoms with Crippen LogP contribution in [0.1, 0.15) is 48.5 Å².